The Bertz CT molecular complexity index is 242. The second-order valence-electron chi connectivity index (χ2n) is 5.85. The molecule has 0 spiro atoms. The molecule has 0 saturated heterocycles. The Morgan fingerprint density at radius 1 is 1.35 bits per heavy atom. The zero-order valence-corrected chi connectivity index (χ0v) is 11.2. The van der Waals surface area contributed by atoms with Crippen LogP contribution in [0, 0.1) is 5.92 Å². The second-order valence-corrected chi connectivity index (χ2v) is 5.85. The van der Waals surface area contributed by atoms with Gasteiger partial charge < -0.3 is 15.2 Å². The van der Waals surface area contributed by atoms with Gasteiger partial charge in [-0.15, -0.1) is 0 Å². The maximum absolute atomic E-state index is 11.4. The fraction of sp³-hybridized carbons (Fsp3) is 0.923. The van der Waals surface area contributed by atoms with Crippen LogP contribution in [0.25, 0.3) is 0 Å². The first-order valence-electron chi connectivity index (χ1n) is 6.53. The lowest BCUT2D eigenvalue weighted by Gasteiger charge is -2.27. The van der Waals surface area contributed by atoms with Gasteiger partial charge in [-0.3, -0.25) is 0 Å². The number of aliphatic hydroxyl groups excluding tert-OH is 1. The summed E-state index contributed by atoms with van der Waals surface area (Å²) in [5, 5.41) is 12.6. The second kappa shape index (κ2) is 6.24. The highest BCUT2D eigenvalue weighted by Gasteiger charge is 2.23. The van der Waals surface area contributed by atoms with Gasteiger partial charge in [0.15, 0.2) is 0 Å². The molecular formula is C13H25NO3. The first-order valence-corrected chi connectivity index (χ1v) is 6.53. The number of carbonyl (C=O) groups is 1. The smallest absolute Gasteiger partial charge is 0.407 e. The molecule has 1 rings (SSSR count). The lowest BCUT2D eigenvalue weighted by atomic mass is 9.85. The largest absolute Gasteiger partial charge is 0.444 e. The van der Waals surface area contributed by atoms with Gasteiger partial charge in [0.05, 0.1) is 6.10 Å². The highest BCUT2D eigenvalue weighted by Crippen LogP contribution is 2.26. The van der Waals surface area contributed by atoms with Gasteiger partial charge in [0.25, 0.3) is 0 Å². The molecule has 1 amide bonds. The van der Waals surface area contributed by atoms with E-state index < -0.39 is 17.8 Å². The molecular weight excluding hydrogens is 218 g/mol. The predicted octanol–water partition coefficient (Wildman–Crippen LogP) is 2.45. The van der Waals surface area contributed by atoms with Crippen LogP contribution in [0.5, 0.6) is 0 Å². The van der Waals surface area contributed by atoms with Crippen LogP contribution in [-0.4, -0.2) is 29.4 Å². The molecule has 0 bridgehead atoms. The molecule has 1 aliphatic carbocycles. The Kier molecular flexibility index (Phi) is 5.25. The van der Waals surface area contributed by atoms with Gasteiger partial charge in [-0.05, 0) is 39.5 Å². The van der Waals surface area contributed by atoms with Crippen molar-refractivity contribution in [1.82, 2.24) is 5.32 Å². The molecule has 4 nitrogen and oxygen atoms in total. The van der Waals surface area contributed by atoms with Crippen molar-refractivity contribution in [3.05, 3.63) is 0 Å². The number of carbonyl (C=O) groups excluding carboxylic acids is 1. The molecule has 17 heavy (non-hydrogen) atoms. The molecule has 4 heteroatoms. The molecule has 1 saturated carbocycles. The first kappa shape index (κ1) is 14.3. The Labute approximate surface area is 104 Å². The van der Waals surface area contributed by atoms with Crippen molar-refractivity contribution in [1.29, 1.82) is 0 Å². The van der Waals surface area contributed by atoms with Crippen LogP contribution < -0.4 is 5.32 Å². The average molecular weight is 243 g/mol. The van der Waals surface area contributed by atoms with Gasteiger partial charge >= 0.3 is 6.09 Å². The molecule has 2 N–H and O–H groups in total. The molecule has 100 valence electrons. The molecule has 0 aromatic heterocycles. The number of nitrogens with one attached hydrogen (secondary N) is 1. The monoisotopic (exact) mass is 243 g/mol. The van der Waals surface area contributed by atoms with E-state index in [1.54, 1.807) is 0 Å². The third-order valence-corrected chi connectivity index (χ3v) is 3.05. The van der Waals surface area contributed by atoms with Crippen LogP contribution in [0.2, 0.25) is 0 Å². The Morgan fingerprint density at radius 2 is 1.94 bits per heavy atom. The van der Waals surface area contributed by atoms with Crippen molar-refractivity contribution in [2.75, 3.05) is 6.54 Å². The average Bonchev–Trinajstić information content (AvgIpc) is 2.25. The third-order valence-electron chi connectivity index (χ3n) is 3.05. The Hall–Kier alpha value is -0.770. The van der Waals surface area contributed by atoms with Crippen LogP contribution in [0.4, 0.5) is 4.79 Å². The van der Waals surface area contributed by atoms with Crippen molar-refractivity contribution in [3.63, 3.8) is 0 Å². The van der Waals surface area contributed by atoms with Crippen molar-refractivity contribution >= 4 is 6.09 Å². The number of ether oxygens (including phenoxy) is 1. The summed E-state index contributed by atoms with van der Waals surface area (Å²) in [6, 6.07) is 0. The van der Waals surface area contributed by atoms with Crippen molar-refractivity contribution < 1.29 is 14.6 Å². The summed E-state index contributed by atoms with van der Waals surface area (Å²) < 4.78 is 5.11. The fourth-order valence-electron chi connectivity index (χ4n) is 2.19. The number of hydrogen-bond acceptors (Lipinski definition) is 3. The lowest BCUT2D eigenvalue weighted by molar-refractivity contribution is 0.0425. The van der Waals surface area contributed by atoms with E-state index in [0.717, 1.165) is 12.8 Å². The molecule has 0 aromatic rings. The lowest BCUT2D eigenvalue weighted by Crippen LogP contribution is -2.39. The van der Waals surface area contributed by atoms with Crippen LogP contribution in [0.15, 0.2) is 0 Å². The summed E-state index contributed by atoms with van der Waals surface area (Å²) in [6.07, 6.45) is 4.88. The van der Waals surface area contributed by atoms with E-state index >= 15 is 0 Å². The Balaban J connectivity index is 2.22. The van der Waals surface area contributed by atoms with E-state index in [0.29, 0.717) is 12.5 Å². The van der Waals surface area contributed by atoms with E-state index in [2.05, 4.69) is 5.32 Å². The van der Waals surface area contributed by atoms with Gasteiger partial charge in [0, 0.05) is 6.54 Å². The minimum Gasteiger partial charge on any atom is -0.444 e. The molecule has 0 unspecified atom stereocenters. The van der Waals surface area contributed by atoms with E-state index in [1.165, 1.54) is 19.3 Å². The SMILES string of the molecule is CC(C)(C)OC(=O)NC[C@H](O)C1CCCCC1. The van der Waals surface area contributed by atoms with E-state index in [9.17, 15) is 9.90 Å². The number of amides is 1. The highest BCUT2D eigenvalue weighted by atomic mass is 16.6. The zero-order chi connectivity index (χ0) is 12.9. The number of rotatable bonds is 3. The summed E-state index contributed by atoms with van der Waals surface area (Å²) in [4.78, 5) is 11.4. The standard InChI is InChI=1S/C13H25NO3/c1-13(2,3)17-12(16)14-9-11(15)10-7-5-4-6-8-10/h10-11,15H,4-9H2,1-3H3,(H,14,16)/t11-/m0/s1. The van der Waals surface area contributed by atoms with Crippen LogP contribution in [-0.2, 0) is 4.74 Å². The molecule has 0 aromatic carbocycles. The number of alkyl carbamates (subject to hydrolysis) is 1. The molecule has 0 aliphatic heterocycles. The summed E-state index contributed by atoms with van der Waals surface area (Å²) in [7, 11) is 0. The predicted molar refractivity (Wildman–Crippen MR) is 66.8 cm³/mol. The van der Waals surface area contributed by atoms with Crippen molar-refractivity contribution in [2.45, 2.75) is 64.6 Å². The van der Waals surface area contributed by atoms with Crippen molar-refractivity contribution in [3.8, 4) is 0 Å². The van der Waals surface area contributed by atoms with Gasteiger partial charge in [0.2, 0.25) is 0 Å². The molecule has 0 heterocycles. The molecule has 1 fully saturated rings. The van der Waals surface area contributed by atoms with E-state index in [1.807, 2.05) is 20.8 Å². The topological polar surface area (TPSA) is 58.6 Å². The third kappa shape index (κ3) is 5.91. The molecule has 1 aliphatic rings. The van der Waals surface area contributed by atoms with Crippen LogP contribution >= 0.6 is 0 Å². The number of hydrogen-bond donors (Lipinski definition) is 2. The fourth-order valence-corrected chi connectivity index (χ4v) is 2.19. The van der Waals surface area contributed by atoms with E-state index in [4.69, 9.17) is 4.74 Å². The van der Waals surface area contributed by atoms with Crippen LogP contribution in [0.3, 0.4) is 0 Å². The normalized spacial score (nSPS) is 19.8. The maximum Gasteiger partial charge on any atom is 0.407 e. The summed E-state index contributed by atoms with van der Waals surface area (Å²) in [5.74, 6) is 0.332. The zero-order valence-electron chi connectivity index (χ0n) is 11.2. The van der Waals surface area contributed by atoms with Gasteiger partial charge in [-0.2, -0.15) is 0 Å². The van der Waals surface area contributed by atoms with Gasteiger partial charge in [-0.25, -0.2) is 4.79 Å². The van der Waals surface area contributed by atoms with Crippen molar-refractivity contribution in [2.24, 2.45) is 5.92 Å². The molecule has 0 radical (unpaired) electrons. The van der Waals surface area contributed by atoms with Crippen LogP contribution in [0.1, 0.15) is 52.9 Å². The van der Waals surface area contributed by atoms with Gasteiger partial charge in [0.1, 0.15) is 5.60 Å². The van der Waals surface area contributed by atoms with Gasteiger partial charge in [-0.1, -0.05) is 19.3 Å². The summed E-state index contributed by atoms with van der Waals surface area (Å²) in [6.45, 7) is 5.76. The first-order chi connectivity index (χ1) is 7.88. The van der Waals surface area contributed by atoms with E-state index in [-0.39, 0.29) is 0 Å². The number of aliphatic hydroxyl groups is 1. The minimum absolute atomic E-state index is 0.291. The summed E-state index contributed by atoms with van der Waals surface area (Å²) >= 11 is 0. The maximum atomic E-state index is 11.4. The summed E-state index contributed by atoms with van der Waals surface area (Å²) in [5.41, 5.74) is -0.486. The minimum atomic E-state index is -0.486. The quantitative estimate of drug-likeness (QED) is 0.800. The Morgan fingerprint density at radius 3 is 2.47 bits per heavy atom. The molecule has 1 atom stereocenters. The highest BCUT2D eigenvalue weighted by molar-refractivity contribution is 5.67.